The molecule has 0 bridgehead atoms. The molecule has 0 aromatic carbocycles. The molecule has 1 unspecified atom stereocenters. The van der Waals surface area contributed by atoms with E-state index in [-0.39, 0.29) is 0 Å². The molecule has 0 aliphatic heterocycles. The molecule has 0 aromatic heterocycles. The molecule has 9 heteroatoms. The summed E-state index contributed by atoms with van der Waals surface area (Å²) in [6.45, 7) is 1.16. The summed E-state index contributed by atoms with van der Waals surface area (Å²) in [5.74, 6) is -5.33. The predicted molar refractivity (Wildman–Crippen MR) is 64.8 cm³/mol. The molecule has 0 rings (SSSR count). The van der Waals surface area contributed by atoms with Gasteiger partial charge in [0.25, 0.3) is 11.4 Å². The van der Waals surface area contributed by atoms with Crippen LogP contribution in [0.3, 0.4) is 0 Å². The fraction of sp³-hybridized carbons (Fsp3) is 0.636. The summed E-state index contributed by atoms with van der Waals surface area (Å²) in [7, 11) is 0. The number of esters is 1. The standard InChI is InChI=1S/C11H15ClO8/c1-5(14)9(18)10(6(2)15,20-7(3)16)11(12,19)8(17)4-13/h8,13,17,19H,4H2,1-3H3/t8?,10-,11+/m0/s1. The first kappa shape index (κ1) is 18.7. The van der Waals surface area contributed by atoms with E-state index in [1.807, 2.05) is 0 Å². The van der Waals surface area contributed by atoms with Gasteiger partial charge < -0.3 is 20.1 Å². The molecule has 0 spiro atoms. The van der Waals surface area contributed by atoms with Gasteiger partial charge in [0.05, 0.1) is 6.61 Å². The zero-order chi connectivity index (χ0) is 16.3. The molecule has 0 fully saturated rings. The maximum absolute atomic E-state index is 11.9. The molecule has 0 aliphatic carbocycles. The summed E-state index contributed by atoms with van der Waals surface area (Å²) in [6.07, 6.45) is -2.23. The van der Waals surface area contributed by atoms with E-state index in [4.69, 9.17) is 16.7 Å². The summed E-state index contributed by atoms with van der Waals surface area (Å²) in [5.41, 5.74) is -3.14. The fourth-order valence-corrected chi connectivity index (χ4v) is 1.90. The van der Waals surface area contributed by atoms with Crippen molar-refractivity contribution in [2.75, 3.05) is 6.61 Å². The molecule has 0 amide bonds. The number of ketones is 3. The summed E-state index contributed by atoms with van der Waals surface area (Å²) >= 11 is 5.56. The summed E-state index contributed by atoms with van der Waals surface area (Å²) in [5, 5.41) is 25.1. The number of hydrogen-bond donors (Lipinski definition) is 3. The monoisotopic (exact) mass is 310 g/mol. The molecule has 0 aromatic rings. The second-order valence-corrected chi connectivity index (χ2v) is 4.66. The minimum Gasteiger partial charge on any atom is -0.438 e. The number of halogens is 1. The minimum atomic E-state index is -3.21. The Bertz CT molecular complexity index is 444. The highest BCUT2D eigenvalue weighted by Crippen LogP contribution is 2.36. The molecule has 20 heavy (non-hydrogen) atoms. The Labute approximate surface area is 119 Å². The topological polar surface area (TPSA) is 138 Å². The van der Waals surface area contributed by atoms with Crippen molar-refractivity contribution in [2.45, 2.75) is 37.5 Å². The largest absolute Gasteiger partial charge is 0.438 e. The number of rotatable bonds is 7. The van der Waals surface area contributed by atoms with E-state index < -0.39 is 46.7 Å². The third kappa shape index (κ3) is 3.04. The van der Waals surface area contributed by atoms with Gasteiger partial charge in [-0.05, 0) is 6.92 Å². The van der Waals surface area contributed by atoms with Crippen molar-refractivity contribution in [3.05, 3.63) is 0 Å². The third-order valence-corrected chi connectivity index (χ3v) is 3.06. The first-order valence-electron chi connectivity index (χ1n) is 5.41. The van der Waals surface area contributed by atoms with E-state index in [1.165, 1.54) is 0 Å². The predicted octanol–water partition coefficient (Wildman–Crippen LogP) is -1.68. The Morgan fingerprint density at radius 3 is 1.90 bits per heavy atom. The van der Waals surface area contributed by atoms with Crippen molar-refractivity contribution < 1.29 is 39.2 Å². The number of aliphatic hydroxyl groups excluding tert-OH is 2. The molecule has 0 saturated carbocycles. The van der Waals surface area contributed by atoms with E-state index in [9.17, 15) is 29.4 Å². The van der Waals surface area contributed by atoms with Crippen LogP contribution in [-0.4, -0.2) is 62.0 Å². The molecular weight excluding hydrogens is 296 g/mol. The molecule has 8 nitrogen and oxygen atoms in total. The molecule has 0 aliphatic rings. The van der Waals surface area contributed by atoms with Crippen molar-refractivity contribution in [2.24, 2.45) is 0 Å². The van der Waals surface area contributed by atoms with Gasteiger partial charge in [-0.25, -0.2) is 0 Å². The maximum atomic E-state index is 11.9. The average molecular weight is 311 g/mol. The van der Waals surface area contributed by atoms with Crippen molar-refractivity contribution in [3.8, 4) is 0 Å². The molecule has 0 saturated heterocycles. The van der Waals surface area contributed by atoms with Crippen LogP contribution in [0.1, 0.15) is 20.8 Å². The Morgan fingerprint density at radius 1 is 1.20 bits per heavy atom. The third-order valence-electron chi connectivity index (χ3n) is 2.54. The van der Waals surface area contributed by atoms with Gasteiger partial charge in [0.2, 0.25) is 5.06 Å². The highest BCUT2D eigenvalue weighted by atomic mass is 35.5. The van der Waals surface area contributed by atoms with Gasteiger partial charge in [-0.2, -0.15) is 0 Å². The lowest BCUT2D eigenvalue weighted by Crippen LogP contribution is -2.69. The van der Waals surface area contributed by atoms with Gasteiger partial charge >= 0.3 is 5.97 Å². The van der Waals surface area contributed by atoms with E-state index >= 15 is 0 Å². The van der Waals surface area contributed by atoms with Crippen molar-refractivity contribution in [1.82, 2.24) is 0 Å². The first-order chi connectivity index (χ1) is 8.95. The Kier molecular flexibility index (Phi) is 5.97. The second-order valence-electron chi connectivity index (χ2n) is 4.09. The van der Waals surface area contributed by atoms with Crippen LogP contribution in [0.4, 0.5) is 0 Å². The lowest BCUT2D eigenvalue weighted by Gasteiger charge is -2.40. The quantitative estimate of drug-likeness (QED) is 0.219. The zero-order valence-electron chi connectivity index (χ0n) is 11.0. The molecule has 3 atom stereocenters. The van der Waals surface area contributed by atoms with Crippen molar-refractivity contribution in [1.29, 1.82) is 0 Å². The van der Waals surface area contributed by atoms with Crippen LogP contribution in [0.5, 0.6) is 0 Å². The normalized spacial score (nSPS) is 18.4. The highest BCUT2D eigenvalue weighted by Gasteiger charge is 2.66. The molecule has 0 radical (unpaired) electrons. The summed E-state index contributed by atoms with van der Waals surface area (Å²) in [6, 6.07) is 0. The van der Waals surface area contributed by atoms with E-state index in [0.717, 1.165) is 20.8 Å². The van der Waals surface area contributed by atoms with Crippen molar-refractivity contribution >= 4 is 34.9 Å². The van der Waals surface area contributed by atoms with E-state index in [1.54, 1.807) is 0 Å². The number of carbonyl (C=O) groups is 4. The number of hydrogen-bond acceptors (Lipinski definition) is 8. The van der Waals surface area contributed by atoms with Gasteiger partial charge in [0.15, 0.2) is 11.6 Å². The number of Topliss-reactive ketones (excluding diaryl/α,β-unsaturated/α-hetero) is 3. The second kappa shape index (κ2) is 6.40. The number of alkyl halides is 1. The van der Waals surface area contributed by atoms with Crippen LogP contribution in [0.15, 0.2) is 0 Å². The molecular formula is C11H15ClO8. The molecule has 114 valence electrons. The minimum absolute atomic E-state index is 0.737. The SMILES string of the molecule is CC(=O)O[C@@](C(C)=O)(C(=O)C(C)=O)[C@@](O)(Cl)C(O)CO. The number of carbonyl (C=O) groups excluding carboxylic acids is 4. The Balaban J connectivity index is 6.27. The molecule has 3 N–H and O–H groups in total. The van der Waals surface area contributed by atoms with Crippen LogP contribution in [-0.2, 0) is 23.9 Å². The average Bonchev–Trinajstić information content (AvgIpc) is 2.32. The van der Waals surface area contributed by atoms with Crippen LogP contribution in [0.2, 0.25) is 0 Å². The lowest BCUT2D eigenvalue weighted by molar-refractivity contribution is -0.201. The van der Waals surface area contributed by atoms with Gasteiger partial charge in [-0.15, -0.1) is 0 Å². The zero-order valence-corrected chi connectivity index (χ0v) is 11.8. The van der Waals surface area contributed by atoms with Crippen LogP contribution >= 0.6 is 11.6 Å². The summed E-state index contributed by atoms with van der Waals surface area (Å²) in [4.78, 5) is 46.0. The maximum Gasteiger partial charge on any atom is 0.304 e. The van der Waals surface area contributed by atoms with Crippen molar-refractivity contribution in [3.63, 3.8) is 0 Å². The highest BCUT2D eigenvalue weighted by molar-refractivity contribution is 6.47. The Morgan fingerprint density at radius 2 is 1.65 bits per heavy atom. The fourth-order valence-electron chi connectivity index (χ4n) is 1.57. The van der Waals surface area contributed by atoms with Gasteiger partial charge in [-0.1, -0.05) is 11.6 Å². The summed E-state index contributed by atoms with van der Waals surface area (Å²) < 4.78 is 4.50. The number of ether oxygens (including phenoxy) is 1. The van der Waals surface area contributed by atoms with Gasteiger partial charge in [-0.3, -0.25) is 19.2 Å². The lowest BCUT2D eigenvalue weighted by atomic mass is 9.82. The smallest absolute Gasteiger partial charge is 0.304 e. The van der Waals surface area contributed by atoms with E-state index in [2.05, 4.69) is 4.74 Å². The van der Waals surface area contributed by atoms with Crippen LogP contribution in [0, 0.1) is 0 Å². The first-order valence-corrected chi connectivity index (χ1v) is 5.79. The van der Waals surface area contributed by atoms with Crippen LogP contribution in [0.25, 0.3) is 0 Å². The Hall–Kier alpha value is -1.35. The van der Waals surface area contributed by atoms with Gasteiger partial charge in [0.1, 0.15) is 6.10 Å². The van der Waals surface area contributed by atoms with Gasteiger partial charge in [0, 0.05) is 13.8 Å². The molecule has 0 heterocycles. The number of aliphatic hydroxyl groups is 3. The van der Waals surface area contributed by atoms with Crippen LogP contribution < -0.4 is 0 Å². The van der Waals surface area contributed by atoms with E-state index in [0.29, 0.717) is 0 Å².